The quantitative estimate of drug-likeness (QED) is 0.903. The molecule has 1 N–H and O–H groups in total. The van der Waals surface area contributed by atoms with E-state index in [1.165, 1.54) is 18.2 Å². The summed E-state index contributed by atoms with van der Waals surface area (Å²) in [4.78, 5) is 0.179. The SMILES string of the molecule is O=S(=O)(c1cc(Cl)cc(Cl)c1)N1CCC2(CCNC2)C1. The van der Waals surface area contributed by atoms with E-state index in [1.807, 2.05) is 0 Å². The first-order chi connectivity index (χ1) is 9.41. The molecule has 1 spiro atoms. The average Bonchev–Trinajstić information content (AvgIpc) is 2.99. The van der Waals surface area contributed by atoms with Crippen molar-refractivity contribution in [2.75, 3.05) is 26.2 Å². The standard InChI is InChI=1S/C13H16Cl2N2O2S/c14-10-5-11(15)7-12(6-10)20(18,19)17-4-2-13(9-17)1-3-16-8-13/h5-7,16H,1-4,8-9H2. The highest BCUT2D eigenvalue weighted by Gasteiger charge is 2.44. The van der Waals surface area contributed by atoms with Crippen molar-refractivity contribution >= 4 is 33.2 Å². The second-order valence-electron chi connectivity index (χ2n) is 5.62. The highest BCUT2D eigenvalue weighted by molar-refractivity contribution is 7.89. The number of nitrogens with zero attached hydrogens (tertiary/aromatic N) is 1. The van der Waals surface area contributed by atoms with Crippen molar-refractivity contribution in [1.82, 2.24) is 9.62 Å². The van der Waals surface area contributed by atoms with Crippen molar-refractivity contribution in [3.8, 4) is 0 Å². The van der Waals surface area contributed by atoms with Crippen molar-refractivity contribution in [3.63, 3.8) is 0 Å². The van der Waals surface area contributed by atoms with Crippen LogP contribution in [0.2, 0.25) is 10.0 Å². The third kappa shape index (κ3) is 2.57. The van der Waals surface area contributed by atoms with Crippen LogP contribution in [0.1, 0.15) is 12.8 Å². The molecule has 0 amide bonds. The van der Waals surface area contributed by atoms with Gasteiger partial charge in [0, 0.05) is 29.7 Å². The molecule has 4 nitrogen and oxygen atoms in total. The van der Waals surface area contributed by atoms with Crippen LogP contribution in [0.15, 0.2) is 23.1 Å². The van der Waals surface area contributed by atoms with Crippen LogP contribution in [-0.4, -0.2) is 38.9 Å². The molecule has 0 saturated carbocycles. The fraction of sp³-hybridized carbons (Fsp3) is 0.538. The van der Waals surface area contributed by atoms with Gasteiger partial charge in [-0.2, -0.15) is 4.31 Å². The maximum atomic E-state index is 12.7. The van der Waals surface area contributed by atoms with Crippen LogP contribution < -0.4 is 5.32 Å². The van der Waals surface area contributed by atoms with Crippen molar-refractivity contribution in [1.29, 1.82) is 0 Å². The number of hydrogen-bond acceptors (Lipinski definition) is 3. The Morgan fingerprint density at radius 2 is 1.85 bits per heavy atom. The third-order valence-corrected chi connectivity index (χ3v) is 6.47. The summed E-state index contributed by atoms with van der Waals surface area (Å²) in [5.41, 5.74) is 0.107. The van der Waals surface area contributed by atoms with Gasteiger partial charge in [-0.1, -0.05) is 23.2 Å². The number of nitrogens with one attached hydrogen (secondary N) is 1. The molecule has 2 aliphatic rings. The number of sulfonamides is 1. The van der Waals surface area contributed by atoms with Gasteiger partial charge in [-0.05, 0) is 43.0 Å². The van der Waals surface area contributed by atoms with Gasteiger partial charge < -0.3 is 5.32 Å². The number of benzene rings is 1. The van der Waals surface area contributed by atoms with E-state index in [-0.39, 0.29) is 10.3 Å². The van der Waals surface area contributed by atoms with Gasteiger partial charge in [0.1, 0.15) is 0 Å². The van der Waals surface area contributed by atoms with E-state index in [9.17, 15) is 8.42 Å². The molecule has 1 atom stereocenters. The molecule has 2 fully saturated rings. The lowest BCUT2D eigenvalue weighted by molar-refractivity contribution is 0.338. The first-order valence-electron chi connectivity index (χ1n) is 6.58. The monoisotopic (exact) mass is 334 g/mol. The summed E-state index contributed by atoms with van der Waals surface area (Å²) in [6.45, 7) is 3.01. The molecule has 1 aromatic carbocycles. The minimum atomic E-state index is -3.51. The molecule has 0 aliphatic carbocycles. The number of rotatable bonds is 2. The predicted octanol–water partition coefficient (Wildman–Crippen LogP) is 2.37. The van der Waals surface area contributed by atoms with Crippen LogP contribution in [0.4, 0.5) is 0 Å². The molecule has 0 radical (unpaired) electrons. The van der Waals surface area contributed by atoms with E-state index in [4.69, 9.17) is 23.2 Å². The minimum absolute atomic E-state index is 0.107. The Bertz CT molecular complexity index is 607. The fourth-order valence-corrected chi connectivity index (χ4v) is 5.35. The molecule has 110 valence electrons. The van der Waals surface area contributed by atoms with Crippen LogP contribution in [0.3, 0.4) is 0 Å². The average molecular weight is 335 g/mol. The molecule has 1 unspecified atom stereocenters. The highest BCUT2D eigenvalue weighted by Crippen LogP contribution is 2.38. The van der Waals surface area contributed by atoms with Crippen molar-refractivity contribution in [2.24, 2.45) is 5.41 Å². The van der Waals surface area contributed by atoms with Gasteiger partial charge in [-0.25, -0.2) is 8.42 Å². The molecule has 0 bridgehead atoms. The maximum absolute atomic E-state index is 12.7. The zero-order valence-corrected chi connectivity index (χ0v) is 13.2. The topological polar surface area (TPSA) is 49.4 Å². The maximum Gasteiger partial charge on any atom is 0.243 e. The second-order valence-corrected chi connectivity index (χ2v) is 8.43. The normalized spacial score (nSPS) is 27.5. The van der Waals surface area contributed by atoms with E-state index in [0.717, 1.165) is 25.9 Å². The molecule has 2 saturated heterocycles. The zero-order valence-electron chi connectivity index (χ0n) is 10.9. The first kappa shape index (κ1) is 14.6. The van der Waals surface area contributed by atoms with E-state index >= 15 is 0 Å². The van der Waals surface area contributed by atoms with Gasteiger partial charge >= 0.3 is 0 Å². The Morgan fingerprint density at radius 3 is 2.45 bits per heavy atom. The van der Waals surface area contributed by atoms with Gasteiger partial charge in [0.25, 0.3) is 0 Å². The van der Waals surface area contributed by atoms with Crippen molar-refractivity contribution in [2.45, 2.75) is 17.7 Å². The van der Waals surface area contributed by atoms with E-state index in [2.05, 4.69) is 5.32 Å². The molecule has 0 aromatic heterocycles. The van der Waals surface area contributed by atoms with Crippen LogP contribution >= 0.6 is 23.2 Å². The summed E-state index contributed by atoms with van der Waals surface area (Å²) < 4.78 is 26.9. The van der Waals surface area contributed by atoms with Gasteiger partial charge in [-0.3, -0.25) is 0 Å². The van der Waals surface area contributed by atoms with Gasteiger partial charge in [-0.15, -0.1) is 0 Å². The molecular formula is C13H16Cl2N2O2S. The van der Waals surface area contributed by atoms with Crippen LogP contribution in [-0.2, 0) is 10.0 Å². The summed E-state index contributed by atoms with van der Waals surface area (Å²) in [5.74, 6) is 0. The Labute approximate surface area is 129 Å². The van der Waals surface area contributed by atoms with Crippen LogP contribution in [0, 0.1) is 5.41 Å². The van der Waals surface area contributed by atoms with Gasteiger partial charge in [0.15, 0.2) is 0 Å². The minimum Gasteiger partial charge on any atom is -0.316 e. The zero-order chi connectivity index (χ0) is 14.4. The van der Waals surface area contributed by atoms with E-state index < -0.39 is 10.0 Å². The third-order valence-electron chi connectivity index (χ3n) is 4.21. The molecule has 7 heteroatoms. The molecule has 20 heavy (non-hydrogen) atoms. The highest BCUT2D eigenvalue weighted by atomic mass is 35.5. The molecular weight excluding hydrogens is 319 g/mol. The lowest BCUT2D eigenvalue weighted by atomic mass is 9.87. The second kappa shape index (κ2) is 5.14. The Morgan fingerprint density at radius 1 is 1.15 bits per heavy atom. The summed E-state index contributed by atoms with van der Waals surface area (Å²) in [5, 5.41) is 4.00. The molecule has 3 rings (SSSR count). The molecule has 2 heterocycles. The number of hydrogen-bond donors (Lipinski definition) is 1. The summed E-state index contributed by atoms with van der Waals surface area (Å²) in [6, 6.07) is 4.45. The smallest absolute Gasteiger partial charge is 0.243 e. The van der Waals surface area contributed by atoms with Gasteiger partial charge in [0.05, 0.1) is 4.90 Å². The summed E-state index contributed by atoms with van der Waals surface area (Å²) >= 11 is 11.8. The molecule has 1 aromatic rings. The predicted molar refractivity (Wildman–Crippen MR) is 79.8 cm³/mol. The van der Waals surface area contributed by atoms with E-state index in [1.54, 1.807) is 4.31 Å². The van der Waals surface area contributed by atoms with E-state index in [0.29, 0.717) is 23.1 Å². The Kier molecular flexibility index (Phi) is 3.75. The fourth-order valence-electron chi connectivity index (χ4n) is 3.07. The Hall–Kier alpha value is -0.330. The van der Waals surface area contributed by atoms with Crippen LogP contribution in [0.25, 0.3) is 0 Å². The number of halogens is 2. The van der Waals surface area contributed by atoms with Crippen molar-refractivity contribution in [3.05, 3.63) is 28.2 Å². The lowest BCUT2D eigenvalue weighted by Gasteiger charge is -2.22. The van der Waals surface area contributed by atoms with Crippen molar-refractivity contribution < 1.29 is 8.42 Å². The summed E-state index contributed by atoms with van der Waals surface area (Å²) in [7, 11) is -3.51. The lowest BCUT2D eigenvalue weighted by Crippen LogP contribution is -2.33. The van der Waals surface area contributed by atoms with Crippen LogP contribution in [0.5, 0.6) is 0 Å². The van der Waals surface area contributed by atoms with Gasteiger partial charge in [0.2, 0.25) is 10.0 Å². The Balaban J connectivity index is 1.89. The summed E-state index contributed by atoms with van der Waals surface area (Å²) in [6.07, 6.45) is 1.95. The largest absolute Gasteiger partial charge is 0.316 e. The first-order valence-corrected chi connectivity index (χ1v) is 8.78. The molecule has 2 aliphatic heterocycles.